The lowest BCUT2D eigenvalue weighted by Gasteiger charge is -2.06. The van der Waals surface area contributed by atoms with Crippen LogP contribution in [-0.4, -0.2) is 9.97 Å². The molecule has 0 amide bonds. The fraction of sp³-hybridized carbons (Fsp3) is 0.0588. The van der Waals surface area contributed by atoms with Gasteiger partial charge in [0.15, 0.2) is 5.82 Å². The van der Waals surface area contributed by atoms with Gasteiger partial charge in [-0.25, -0.2) is 18.7 Å². The summed E-state index contributed by atoms with van der Waals surface area (Å²) in [5.74, 6) is -0.466. The van der Waals surface area contributed by atoms with Crippen LogP contribution in [0.2, 0.25) is 0 Å². The van der Waals surface area contributed by atoms with Gasteiger partial charge >= 0.3 is 0 Å². The first-order chi connectivity index (χ1) is 10.1. The molecule has 0 radical (unpaired) electrons. The van der Waals surface area contributed by atoms with Crippen molar-refractivity contribution in [2.45, 2.75) is 6.92 Å². The molecule has 3 rings (SSSR count). The Morgan fingerprint density at radius 3 is 1.86 bits per heavy atom. The molecule has 21 heavy (non-hydrogen) atoms. The van der Waals surface area contributed by atoms with Crippen LogP contribution in [-0.2, 0) is 0 Å². The molecule has 0 aliphatic heterocycles. The maximum atomic E-state index is 13.6. The molecule has 0 atom stereocenters. The van der Waals surface area contributed by atoms with Gasteiger partial charge in [-0.2, -0.15) is 0 Å². The van der Waals surface area contributed by atoms with Gasteiger partial charge in [0.2, 0.25) is 0 Å². The second kappa shape index (κ2) is 5.40. The molecule has 2 nitrogen and oxygen atoms in total. The highest BCUT2D eigenvalue weighted by atomic mass is 19.1. The molecular formula is C17H12F2N2. The minimum atomic E-state index is -0.541. The van der Waals surface area contributed by atoms with E-state index in [9.17, 15) is 8.78 Å². The average Bonchev–Trinajstić information content (AvgIpc) is 2.53. The zero-order valence-corrected chi connectivity index (χ0v) is 11.3. The molecule has 0 bridgehead atoms. The van der Waals surface area contributed by atoms with Crippen molar-refractivity contribution in [2.24, 2.45) is 0 Å². The fourth-order valence-corrected chi connectivity index (χ4v) is 2.07. The van der Waals surface area contributed by atoms with Crippen LogP contribution in [0.25, 0.3) is 22.5 Å². The highest BCUT2D eigenvalue weighted by molar-refractivity contribution is 5.68. The van der Waals surface area contributed by atoms with E-state index in [4.69, 9.17) is 0 Å². The summed E-state index contributed by atoms with van der Waals surface area (Å²) in [6.07, 6.45) is 3.34. The molecule has 0 saturated carbocycles. The number of halogens is 2. The van der Waals surface area contributed by atoms with E-state index in [0.717, 1.165) is 11.1 Å². The van der Waals surface area contributed by atoms with Crippen molar-refractivity contribution in [2.75, 3.05) is 0 Å². The van der Waals surface area contributed by atoms with Gasteiger partial charge in [-0.05, 0) is 36.2 Å². The van der Waals surface area contributed by atoms with E-state index in [0.29, 0.717) is 11.4 Å². The van der Waals surface area contributed by atoms with Gasteiger partial charge in [-0.3, -0.25) is 0 Å². The number of hydrogen-bond donors (Lipinski definition) is 0. The molecule has 0 fully saturated rings. The molecule has 3 aromatic rings. The Hall–Kier alpha value is -2.62. The summed E-state index contributed by atoms with van der Waals surface area (Å²) >= 11 is 0. The summed E-state index contributed by atoms with van der Waals surface area (Å²) in [6.45, 7) is 1.42. The van der Waals surface area contributed by atoms with Gasteiger partial charge in [0, 0.05) is 23.5 Å². The first-order valence-electron chi connectivity index (χ1n) is 6.48. The number of benzene rings is 2. The van der Waals surface area contributed by atoms with Crippen molar-refractivity contribution in [1.29, 1.82) is 0 Å². The van der Waals surface area contributed by atoms with Gasteiger partial charge in [0.25, 0.3) is 0 Å². The van der Waals surface area contributed by atoms with Crippen LogP contribution in [0.4, 0.5) is 8.78 Å². The largest absolute Gasteiger partial charge is 0.237 e. The summed E-state index contributed by atoms with van der Waals surface area (Å²) < 4.78 is 27.2. The second-order valence-electron chi connectivity index (χ2n) is 4.71. The summed E-state index contributed by atoms with van der Waals surface area (Å²) in [5, 5.41) is 0. The third-order valence-corrected chi connectivity index (χ3v) is 3.32. The summed E-state index contributed by atoms with van der Waals surface area (Å²) in [7, 11) is 0. The molecule has 1 heterocycles. The van der Waals surface area contributed by atoms with Crippen molar-refractivity contribution in [3.8, 4) is 22.5 Å². The van der Waals surface area contributed by atoms with E-state index in [1.807, 2.05) is 12.1 Å². The molecule has 0 unspecified atom stereocenters. The maximum absolute atomic E-state index is 13.6. The average molecular weight is 282 g/mol. The van der Waals surface area contributed by atoms with Crippen molar-refractivity contribution in [1.82, 2.24) is 9.97 Å². The molecule has 0 spiro atoms. The van der Waals surface area contributed by atoms with Gasteiger partial charge in [-0.15, -0.1) is 0 Å². The molecule has 0 N–H and O–H groups in total. The Balaban J connectivity index is 1.98. The van der Waals surface area contributed by atoms with Crippen molar-refractivity contribution in [3.63, 3.8) is 0 Å². The minimum Gasteiger partial charge on any atom is -0.237 e. The van der Waals surface area contributed by atoms with Gasteiger partial charge < -0.3 is 0 Å². The highest BCUT2D eigenvalue weighted by Crippen LogP contribution is 2.26. The molecular weight excluding hydrogens is 270 g/mol. The van der Waals surface area contributed by atoms with Crippen LogP contribution in [0.3, 0.4) is 0 Å². The lowest BCUT2D eigenvalue weighted by molar-refractivity contribution is 0.569. The highest BCUT2D eigenvalue weighted by Gasteiger charge is 2.08. The van der Waals surface area contributed by atoms with Crippen LogP contribution in [0.15, 0.2) is 54.9 Å². The molecule has 2 aromatic carbocycles. The van der Waals surface area contributed by atoms with E-state index >= 15 is 0 Å². The Morgan fingerprint density at radius 2 is 1.29 bits per heavy atom. The molecule has 1 aromatic heterocycles. The van der Waals surface area contributed by atoms with Crippen molar-refractivity contribution < 1.29 is 8.78 Å². The predicted molar refractivity (Wildman–Crippen MR) is 77.6 cm³/mol. The van der Waals surface area contributed by atoms with Crippen LogP contribution < -0.4 is 0 Å². The topological polar surface area (TPSA) is 25.8 Å². The molecule has 0 aliphatic carbocycles. The molecule has 4 heteroatoms. The zero-order valence-electron chi connectivity index (χ0n) is 11.3. The molecule has 104 valence electrons. The van der Waals surface area contributed by atoms with Crippen molar-refractivity contribution >= 4 is 0 Å². The Labute approximate surface area is 121 Å². The molecule has 0 saturated heterocycles. The predicted octanol–water partition coefficient (Wildman–Crippen LogP) is 4.40. The van der Waals surface area contributed by atoms with Crippen LogP contribution in [0.5, 0.6) is 0 Å². The van der Waals surface area contributed by atoms with E-state index in [-0.39, 0.29) is 5.56 Å². The van der Waals surface area contributed by atoms with E-state index in [1.54, 1.807) is 30.6 Å². The first kappa shape index (κ1) is 13.4. The maximum Gasteiger partial charge on any atom is 0.159 e. The summed E-state index contributed by atoms with van der Waals surface area (Å²) in [6, 6.07) is 11.7. The lowest BCUT2D eigenvalue weighted by Crippen LogP contribution is -1.91. The van der Waals surface area contributed by atoms with E-state index < -0.39 is 11.6 Å². The quantitative estimate of drug-likeness (QED) is 0.696. The monoisotopic (exact) mass is 282 g/mol. The van der Waals surface area contributed by atoms with Crippen LogP contribution in [0, 0.1) is 18.6 Å². The van der Waals surface area contributed by atoms with E-state index in [1.165, 1.54) is 19.1 Å². The lowest BCUT2D eigenvalue weighted by atomic mass is 10.0. The van der Waals surface area contributed by atoms with E-state index in [2.05, 4.69) is 9.97 Å². The third-order valence-electron chi connectivity index (χ3n) is 3.32. The Kier molecular flexibility index (Phi) is 3.44. The fourth-order valence-electron chi connectivity index (χ4n) is 2.07. The normalized spacial score (nSPS) is 10.6. The first-order valence-corrected chi connectivity index (χ1v) is 6.48. The standard InChI is InChI=1S/C17H12F2N2/c1-11-15(18)9-14(10-16(11)19)12-3-5-13(6-4-12)17-20-7-2-8-21-17/h2-10H,1H3. The third kappa shape index (κ3) is 2.65. The zero-order chi connectivity index (χ0) is 14.8. The Bertz CT molecular complexity index is 746. The number of rotatable bonds is 2. The smallest absolute Gasteiger partial charge is 0.159 e. The van der Waals surface area contributed by atoms with Gasteiger partial charge in [0.1, 0.15) is 11.6 Å². The van der Waals surface area contributed by atoms with Crippen LogP contribution in [0.1, 0.15) is 5.56 Å². The van der Waals surface area contributed by atoms with Crippen LogP contribution >= 0.6 is 0 Å². The minimum absolute atomic E-state index is 0.0352. The Morgan fingerprint density at radius 1 is 0.762 bits per heavy atom. The SMILES string of the molecule is Cc1c(F)cc(-c2ccc(-c3ncccn3)cc2)cc1F. The number of nitrogens with zero attached hydrogens (tertiary/aromatic N) is 2. The summed E-state index contributed by atoms with van der Waals surface area (Å²) in [4.78, 5) is 8.32. The van der Waals surface area contributed by atoms with Gasteiger partial charge in [0.05, 0.1) is 0 Å². The summed E-state index contributed by atoms with van der Waals surface area (Å²) in [5.41, 5.74) is 2.14. The van der Waals surface area contributed by atoms with Crippen molar-refractivity contribution in [3.05, 3.63) is 72.1 Å². The number of aromatic nitrogens is 2. The molecule has 0 aliphatic rings. The number of hydrogen-bond acceptors (Lipinski definition) is 2. The second-order valence-corrected chi connectivity index (χ2v) is 4.71. The van der Waals surface area contributed by atoms with Gasteiger partial charge in [-0.1, -0.05) is 24.3 Å².